The molecule has 1 saturated heterocycles. The van der Waals surface area contributed by atoms with E-state index in [1.807, 2.05) is 0 Å². The lowest BCUT2D eigenvalue weighted by molar-refractivity contribution is -0.305. The van der Waals surface area contributed by atoms with E-state index in [1.165, 1.54) is 0 Å². The summed E-state index contributed by atoms with van der Waals surface area (Å²) in [7, 11) is 0. The molecule has 60 heavy (non-hydrogen) atoms. The second-order valence-corrected chi connectivity index (χ2v) is 15.1. The van der Waals surface area contributed by atoms with Gasteiger partial charge in [0.25, 0.3) is 0 Å². The number of unbranched alkanes of at least 4 members (excludes halogenated alkanes) is 8. The van der Waals surface area contributed by atoms with Gasteiger partial charge in [-0.05, 0) is 96.3 Å². The van der Waals surface area contributed by atoms with Gasteiger partial charge in [-0.3, -0.25) is 4.79 Å². The van der Waals surface area contributed by atoms with Gasteiger partial charge in [-0.2, -0.15) is 0 Å². The van der Waals surface area contributed by atoms with E-state index >= 15 is 0 Å². The van der Waals surface area contributed by atoms with Crippen molar-refractivity contribution in [3.63, 3.8) is 0 Å². The van der Waals surface area contributed by atoms with E-state index in [-0.39, 0.29) is 25.6 Å². The topological polar surface area (TPSA) is 135 Å². The summed E-state index contributed by atoms with van der Waals surface area (Å²) >= 11 is 0. The predicted octanol–water partition coefficient (Wildman–Crippen LogP) is 10.6. The van der Waals surface area contributed by atoms with Crippen LogP contribution < -0.4 is 0 Å². The zero-order valence-corrected chi connectivity index (χ0v) is 37.2. The predicted molar refractivity (Wildman–Crippen MR) is 246 cm³/mol. The molecule has 0 aromatic carbocycles. The Balaban J connectivity index is 2.28. The number of aliphatic hydroxyl groups is 4. The molecule has 1 rings (SSSR count). The van der Waals surface area contributed by atoms with E-state index in [4.69, 9.17) is 18.9 Å². The first-order chi connectivity index (χ1) is 29.4. The summed E-state index contributed by atoms with van der Waals surface area (Å²) in [5, 5.41) is 40.1. The van der Waals surface area contributed by atoms with Gasteiger partial charge in [0.2, 0.25) is 0 Å². The highest BCUT2D eigenvalue weighted by Crippen LogP contribution is 2.22. The monoisotopic (exact) mass is 839 g/mol. The Morgan fingerprint density at radius 1 is 0.533 bits per heavy atom. The Morgan fingerprint density at radius 2 is 0.967 bits per heavy atom. The van der Waals surface area contributed by atoms with Crippen LogP contribution >= 0.6 is 0 Å². The molecule has 1 heterocycles. The maximum Gasteiger partial charge on any atom is 0.306 e. The summed E-state index contributed by atoms with van der Waals surface area (Å²) in [5.41, 5.74) is 0. The second-order valence-electron chi connectivity index (χ2n) is 15.1. The molecule has 6 unspecified atom stereocenters. The van der Waals surface area contributed by atoms with Crippen LogP contribution in [0, 0.1) is 0 Å². The molecule has 9 heteroatoms. The maximum absolute atomic E-state index is 12.7. The van der Waals surface area contributed by atoms with Crippen molar-refractivity contribution in [3.8, 4) is 0 Å². The van der Waals surface area contributed by atoms with Crippen LogP contribution in [0.5, 0.6) is 0 Å². The summed E-state index contributed by atoms with van der Waals surface area (Å²) in [4.78, 5) is 12.7. The van der Waals surface area contributed by atoms with Crippen molar-refractivity contribution < 1.29 is 44.2 Å². The van der Waals surface area contributed by atoms with Gasteiger partial charge in [0, 0.05) is 13.0 Å². The first kappa shape index (κ1) is 54.9. The molecule has 0 aliphatic carbocycles. The second kappa shape index (κ2) is 41.2. The van der Waals surface area contributed by atoms with Crippen LogP contribution in [0.1, 0.15) is 142 Å². The molecular formula is C51H82O9. The number of hydrogen-bond acceptors (Lipinski definition) is 9. The lowest BCUT2D eigenvalue weighted by atomic mass is 9.99. The Labute approximate surface area is 364 Å². The van der Waals surface area contributed by atoms with Crippen molar-refractivity contribution in [3.05, 3.63) is 109 Å². The van der Waals surface area contributed by atoms with Gasteiger partial charge >= 0.3 is 5.97 Å². The van der Waals surface area contributed by atoms with Crippen molar-refractivity contribution in [2.75, 3.05) is 26.4 Å². The van der Waals surface area contributed by atoms with E-state index < -0.39 is 43.4 Å². The van der Waals surface area contributed by atoms with Gasteiger partial charge in [-0.15, -0.1) is 0 Å². The molecule has 6 atom stereocenters. The Bertz CT molecular complexity index is 1270. The van der Waals surface area contributed by atoms with Crippen LogP contribution in [0.15, 0.2) is 109 Å². The highest BCUT2D eigenvalue weighted by atomic mass is 16.7. The van der Waals surface area contributed by atoms with E-state index in [1.54, 1.807) is 0 Å². The Kier molecular flexibility index (Phi) is 37.7. The van der Waals surface area contributed by atoms with Crippen LogP contribution in [-0.2, 0) is 23.7 Å². The average molecular weight is 839 g/mol. The molecule has 0 saturated carbocycles. The van der Waals surface area contributed by atoms with Crippen LogP contribution in [0.3, 0.4) is 0 Å². The van der Waals surface area contributed by atoms with Crippen molar-refractivity contribution >= 4 is 5.97 Å². The molecular weight excluding hydrogens is 757 g/mol. The fraction of sp³-hybridized carbons (Fsp3) is 0.627. The van der Waals surface area contributed by atoms with E-state index in [2.05, 4.69) is 123 Å². The quantitative estimate of drug-likeness (QED) is 0.0274. The number of carbonyl (C=O) groups is 1. The fourth-order valence-corrected chi connectivity index (χ4v) is 6.15. The lowest BCUT2D eigenvalue weighted by Gasteiger charge is -2.39. The highest BCUT2D eigenvalue weighted by molar-refractivity contribution is 5.69. The molecule has 4 N–H and O–H groups in total. The summed E-state index contributed by atoms with van der Waals surface area (Å²) in [6.45, 7) is 4.21. The third kappa shape index (κ3) is 31.7. The van der Waals surface area contributed by atoms with Crippen LogP contribution in [0.25, 0.3) is 0 Å². The number of hydrogen-bond donors (Lipinski definition) is 4. The number of aliphatic hydroxyl groups excluding tert-OH is 4. The minimum absolute atomic E-state index is 0.111. The van der Waals surface area contributed by atoms with Crippen molar-refractivity contribution in [1.82, 2.24) is 0 Å². The standard InChI is InChI=1S/C51H82O9/c1-3-5-7-9-11-13-15-17-18-19-20-21-22-23-24-25-26-27-29-31-33-35-37-39-41-57-43-45(44-58-51-50(56)49(55)48(54)46(42-52)60-51)59-47(53)40-38-36-34-32-30-28-16-14-12-10-8-6-4-2/h5-8,11-14,17-18,20-21,23-24,26-28,30,45-46,48-52,54-56H,3-4,9-10,15-16,19,22,25,29,31-44H2,1-2H3/b7-5-,8-6-,13-11-,14-12-,18-17-,21-20-,24-23-,27-26-,30-28-. The van der Waals surface area contributed by atoms with Crippen molar-refractivity contribution in [1.29, 1.82) is 0 Å². The molecule has 0 bridgehead atoms. The summed E-state index contributed by atoms with van der Waals surface area (Å²) in [6, 6.07) is 0. The van der Waals surface area contributed by atoms with Crippen molar-refractivity contribution in [2.24, 2.45) is 0 Å². The largest absolute Gasteiger partial charge is 0.457 e. The molecule has 0 radical (unpaired) electrons. The Hall–Kier alpha value is -3.15. The fourth-order valence-electron chi connectivity index (χ4n) is 6.15. The zero-order chi connectivity index (χ0) is 43.6. The van der Waals surface area contributed by atoms with Gasteiger partial charge in [0.05, 0.1) is 19.8 Å². The van der Waals surface area contributed by atoms with Gasteiger partial charge in [-0.25, -0.2) is 0 Å². The summed E-state index contributed by atoms with van der Waals surface area (Å²) < 4.78 is 22.7. The van der Waals surface area contributed by atoms with Crippen molar-refractivity contribution in [2.45, 2.75) is 179 Å². The molecule has 340 valence electrons. The highest BCUT2D eigenvalue weighted by Gasteiger charge is 2.44. The van der Waals surface area contributed by atoms with Gasteiger partial charge in [-0.1, -0.05) is 149 Å². The number of allylic oxidation sites excluding steroid dienone is 18. The molecule has 1 aliphatic heterocycles. The minimum Gasteiger partial charge on any atom is -0.457 e. The molecule has 9 nitrogen and oxygen atoms in total. The lowest BCUT2D eigenvalue weighted by Crippen LogP contribution is -2.59. The van der Waals surface area contributed by atoms with Gasteiger partial charge in [0.15, 0.2) is 6.29 Å². The molecule has 0 amide bonds. The molecule has 0 spiro atoms. The van der Waals surface area contributed by atoms with Crippen LogP contribution in [0.4, 0.5) is 0 Å². The average Bonchev–Trinajstić information content (AvgIpc) is 3.25. The maximum atomic E-state index is 12.7. The van der Waals surface area contributed by atoms with Crippen LogP contribution in [-0.4, -0.2) is 89.6 Å². The molecule has 1 fully saturated rings. The normalized spacial score (nSPS) is 21.1. The van der Waals surface area contributed by atoms with E-state index in [9.17, 15) is 25.2 Å². The smallest absolute Gasteiger partial charge is 0.306 e. The zero-order valence-electron chi connectivity index (χ0n) is 37.2. The van der Waals surface area contributed by atoms with E-state index in [0.717, 1.165) is 116 Å². The van der Waals surface area contributed by atoms with Gasteiger partial charge in [0.1, 0.15) is 30.5 Å². The number of carbonyl (C=O) groups excluding carboxylic acids is 1. The van der Waals surface area contributed by atoms with Gasteiger partial charge < -0.3 is 39.4 Å². The third-order valence-electron chi connectivity index (χ3n) is 9.68. The summed E-state index contributed by atoms with van der Waals surface area (Å²) in [6.07, 6.45) is 51.2. The van der Waals surface area contributed by atoms with Crippen LogP contribution in [0.2, 0.25) is 0 Å². The first-order valence-electron chi connectivity index (χ1n) is 23.0. The summed E-state index contributed by atoms with van der Waals surface area (Å²) in [5.74, 6) is -0.356. The molecule has 1 aliphatic rings. The SMILES string of the molecule is CC/C=C\C/C=C\C/C=C\C/C=C\C/C=C\C/C=C\CCCCCCCOCC(COC1OC(CO)C(O)C(O)C1O)OC(=O)CCCCC/C=C\C/C=C\C/C=C\CC. The minimum atomic E-state index is -1.55. The molecule has 0 aromatic heterocycles. The van der Waals surface area contributed by atoms with E-state index in [0.29, 0.717) is 13.0 Å². The number of ether oxygens (including phenoxy) is 4. The first-order valence-corrected chi connectivity index (χ1v) is 23.0. The molecule has 0 aromatic rings. The Morgan fingerprint density at radius 3 is 1.45 bits per heavy atom. The number of esters is 1. The number of rotatable bonds is 37. The third-order valence-corrected chi connectivity index (χ3v) is 9.68.